The molecule has 1 N–H and O–H groups in total. The molecule has 0 aliphatic heterocycles. The molecular weight excluding hydrogens is 378 g/mol. The molecule has 8 nitrogen and oxygen atoms in total. The second kappa shape index (κ2) is 8.06. The van der Waals surface area contributed by atoms with Crippen LogP contribution in [0.3, 0.4) is 0 Å². The molecule has 4 rings (SSSR count). The van der Waals surface area contributed by atoms with Crippen LogP contribution in [0, 0.1) is 27.7 Å². The van der Waals surface area contributed by atoms with E-state index in [0.29, 0.717) is 18.9 Å². The fourth-order valence-corrected chi connectivity index (χ4v) is 3.72. The number of hydrogen-bond donors (Lipinski definition) is 1. The smallest absolute Gasteiger partial charge is 0.252 e. The molecule has 0 aliphatic rings. The molecule has 154 valence electrons. The lowest BCUT2D eigenvalue weighted by Gasteiger charge is -2.11. The van der Waals surface area contributed by atoms with Crippen LogP contribution in [-0.2, 0) is 24.3 Å². The van der Waals surface area contributed by atoms with E-state index in [2.05, 4.69) is 37.6 Å². The van der Waals surface area contributed by atoms with Gasteiger partial charge in [-0.3, -0.25) is 9.48 Å². The molecule has 8 heteroatoms. The average molecular weight is 403 g/mol. The molecule has 1 amide bonds. The van der Waals surface area contributed by atoms with E-state index in [1.165, 1.54) is 11.9 Å². The molecule has 1 aromatic carbocycles. The van der Waals surface area contributed by atoms with Crippen molar-refractivity contribution in [3.8, 4) is 0 Å². The summed E-state index contributed by atoms with van der Waals surface area (Å²) in [6.07, 6.45) is 1.72. The SMILES string of the molecule is Cc1nn(Cc2ccccc2)c(C)c1CNC(=O)Cc1c(C)nc2ncnn2c1C. The number of hydrogen-bond acceptors (Lipinski definition) is 5. The van der Waals surface area contributed by atoms with E-state index in [-0.39, 0.29) is 12.3 Å². The zero-order valence-corrected chi connectivity index (χ0v) is 17.7. The van der Waals surface area contributed by atoms with Gasteiger partial charge in [0, 0.05) is 34.8 Å². The predicted molar refractivity (Wildman–Crippen MR) is 113 cm³/mol. The molecule has 0 aliphatic carbocycles. The van der Waals surface area contributed by atoms with Crippen LogP contribution in [0.25, 0.3) is 5.78 Å². The minimum absolute atomic E-state index is 0.0583. The predicted octanol–water partition coefficient (Wildman–Crippen LogP) is 2.46. The highest BCUT2D eigenvalue weighted by atomic mass is 16.1. The van der Waals surface area contributed by atoms with Crippen LogP contribution >= 0.6 is 0 Å². The normalized spacial score (nSPS) is 11.2. The van der Waals surface area contributed by atoms with Gasteiger partial charge in [0.05, 0.1) is 18.7 Å². The number of fused-ring (bicyclic) bond motifs is 1. The highest BCUT2D eigenvalue weighted by Gasteiger charge is 2.16. The topological polar surface area (TPSA) is 90.0 Å². The Morgan fingerprint density at radius 2 is 1.77 bits per heavy atom. The van der Waals surface area contributed by atoms with Crippen molar-refractivity contribution in [1.82, 2.24) is 34.7 Å². The van der Waals surface area contributed by atoms with E-state index < -0.39 is 0 Å². The van der Waals surface area contributed by atoms with Gasteiger partial charge in [-0.25, -0.2) is 9.50 Å². The van der Waals surface area contributed by atoms with Crippen LogP contribution in [0.4, 0.5) is 0 Å². The molecule has 30 heavy (non-hydrogen) atoms. The fraction of sp³-hybridized carbons (Fsp3) is 0.318. The lowest BCUT2D eigenvalue weighted by Crippen LogP contribution is -2.26. The number of nitrogens with one attached hydrogen (secondary N) is 1. The van der Waals surface area contributed by atoms with E-state index in [4.69, 9.17) is 0 Å². The third kappa shape index (κ3) is 3.80. The lowest BCUT2D eigenvalue weighted by molar-refractivity contribution is -0.120. The summed E-state index contributed by atoms with van der Waals surface area (Å²) in [5.41, 5.74) is 6.80. The molecule has 0 spiro atoms. The molecule has 0 radical (unpaired) electrons. The van der Waals surface area contributed by atoms with Crippen molar-refractivity contribution < 1.29 is 4.79 Å². The summed E-state index contributed by atoms with van der Waals surface area (Å²) in [6.45, 7) is 9.01. The van der Waals surface area contributed by atoms with Crippen LogP contribution in [0.1, 0.15) is 39.5 Å². The van der Waals surface area contributed by atoms with Gasteiger partial charge in [0.25, 0.3) is 5.78 Å². The summed E-state index contributed by atoms with van der Waals surface area (Å²) in [7, 11) is 0. The second-order valence-corrected chi connectivity index (χ2v) is 7.48. The molecule has 0 bridgehead atoms. The Morgan fingerprint density at radius 3 is 2.53 bits per heavy atom. The van der Waals surface area contributed by atoms with Gasteiger partial charge in [0.2, 0.25) is 5.91 Å². The molecule has 3 heterocycles. The van der Waals surface area contributed by atoms with Crippen molar-refractivity contribution in [2.24, 2.45) is 0 Å². The average Bonchev–Trinajstić information content (AvgIpc) is 3.29. The number of benzene rings is 1. The monoisotopic (exact) mass is 403 g/mol. The first kappa shape index (κ1) is 19.8. The summed E-state index contributed by atoms with van der Waals surface area (Å²) in [5, 5.41) is 11.9. The first-order chi connectivity index (χ1) is 14.4. The molecule has 0 fully saturated rings. The van der Waals surface area contributed by atoms with E-state index in [0.717, 1.165) is 33.9 Å². The first-order valence-electron chi connectivity index (χ1n) is 9.93. The summed E-state index contributed by atoms with van der Waals surface area (Å²) in [4.78, 5) is 21.2. The van der Waals surface area contributed by atoms with Gasteiger partial charge in [0.15, 0.2) is 0 Å². The van der Waals surface area contributed by atoms with Gasteiger partial charge in [0.1, 0.15) is 6.33 Å². The molecule has 0 saturated carbocycles. The third-order valence-corrected chi connectivity index (χ3v) is 5.49. The van der Waals surface area contributed by atoms with Crippen LogP contribution in [-0.4, -0.2) is 35.3 Å². The first-order valence-corrected chi connectivity index (χ1v) is 9.93. The zero-order chi connectivity index (χ0) is 21.3. The van der Waals surface area contributed by atoms with E-state index in [9.17, 15) is 4.79 Å². The van der Waals surface area contributed by atoms with Crippen LogP contribution in [0.2, 0.25) is 0 Å². The Balaban J connectivity index is 1.46. The minimum atomic E-state index is -0.0583. The highest BCUT2D eigenvalue weighted by Crippen LogP contribution is 2.16. The van der Waals surface area contributed by atoms with Gasteiger partial charge in [-0.1, -0.05) is 30.3 Å². The zero-order valence-electron chi connectivity index (χ0n) is 17.7. The number of rotatable bonds is 6. The molecular formula is C22H25N7O. The van der Waals surface area contributed by atoms with E-state index >= 15 is 0 Å². The highest BCUT2D eigenvalue weighted by molar-refractivity contribution is 5.79. The fourth-order valence-electron chi connectivity index (χ4n) is 3.72. The maximum absolute atomic E-state index is 12.7. The van der Waals surface area contributed by atoms with Crippen molar-refractivity contribution in [3.05, 3.63) is 76.1 Å². The molecule has 3 aromatic heterocycles. The van der Waals surface area contributed by atoms with Crippen molar-refractivity contribution in [1.29, 1.82) is 0 Å². The molecule has 0 saturated heterocycles. The maximum Gasteiger partial charge on any atom is 0.252 e. The number of carbonyl (C=O) groups excluding carboxylic acids is 1. The largest absolute Gasteiger partial charge is 0.352 e. The molecule has 0 atom stereocenters. The summed E-state index contributed by atoms with van der Waals surface area (Å²) in [5.74, 6) is 0.489. The second-order valence-electron chi connectivity index (χ2n) is 7.48. The Kier molecular flexibility index (Phi) is 5.31. The quantitative estimate of drug-likeness (QED) is 0.534. The minimum Gasteiger partial charge on any atom is -0.352 e. The number of carbonyl (C=O) groups is 1. The third-order valence-electron chi connectivity index (χ3n) is 5.49. The Bertz CT molecular complexity index is 1210. The van der Waals surface area contributed by atoms with Crippen LogP contribution in [0.5, 0.6) is 0 Å². The lowest BCUT2D eigenvalue weighted by atomic mass is 10.1. The summed E-state index contributed by atoms with van der Waals surface area (Å²) >= 11 is 0. The van der Waals surface area contributed by atoms with Gasteiger partial charge in [-0.2, -0.15) is 15.2 Å². The van der Waals surface area contributed by atoms with E-state index in [1.54, 1.807) is 4.52 Å². The number of aromatic nitrogens is 6. The van der Waals surface area contributed by atoms with E-state index in [1.807, 2.05) is 50.6 Å². The molecule has 4 aromatic rings. The Hall–Kier alpha value is -3.55. The van der Waals surface area contributed by atoms with Gasteiger partial charge < -0.3 is 5.32 Å². The Labute approximate surface area is 175 Å². The van der Waals surface area contributed by atoms with Crippen LogP contribution < -0.4 is 5.32 Å². The summed E-state index contributed by atoms with van der Waals surface area (Å²) < 4.78 is 3.65. The number of nitrogens with zero attached hydrogens (tertiary/aromatic N) is 6. The summed E-state index contributed by atoms with van der Waals surface area (Å²) in [6, 6.07) is 10.2. The Morgan fingerprint density at radius 1 is 1.00 bits per heavy atom. The van der Waals surface area contributed by atoms with Gasteiger partial charge >= 0.3 is 0 Å². The maximum atomic E-state index is 12.7. The van der Waals surface area contributed by atoms with Gasteiger partial charge in [-0.15, -0.1) is 0 Å². The van der Waals surface area contributed by atoms with Crippen molar-refractivity contribution >= 4 is 11.7 Å². The van der Waals surface area contributed by atoms with Crippen LogP contribution in [0.15, 0.2) is 36.7 Å². The number of aryl methyl sites for hydroxylation is 3. The van der Waals surface area contributed by atoms with Crippen molar-refractivity contribution in [2.45, 2.75) is 47.2 Å². The van der Waals surface area contributed by atoms with Crippen molar-refractivity contribution in [2.75, 3.05) is 0 Å². The standard InChI is InChI=1S/C22H25N7O/c1-14-19(17(4)29-22(26-14)24-13-25-29)10-21(30)23-11-20-15(2)27-28(16(20)3)12-18-8-6-5-7-9-18/h5-9,13H,10-12H2,1-4H3,(H,23,30). The van der Waals surface area contributed by atoms with Crippen molar-refractivity contribution in [3.63, 3.8) is 0 Å². The molecule has 0 unspecified atom stereocenters. The number of amides is 1. The van der Waals surface area contributed by atoms with Gasteiger partial charge in [-0.05, 0) is 33.3 Å².